The van der Waals surface area contributed by atoms with Crippen molar-refractivity contribution in [1.82, 2.24) is 24.7 Å². The summed E-state index contributed by atoms with van der Waals surface area (Å²) in [6.45, 7) is 0. The Hall–Kier alpha value is -2.99. The number of aryl methyl sites for hydroxylation is 1. The highest BCUT2D eigenvalue weighted by Gasteiger charge is 2.25. The lowest BCUT2D eigenvalue weighted by Gasteiger charge is -2.14. The van der Waals surface area contributed by atoms with E-state index in [1.807, 2.05) is 17.1 Å². The van der Waals surface area contributed by atoms with Crippen molar-refractivity contribution in [2.75, 3.05) is 0 Å². The van der Waals surface area contributed by atoms with Gasteiger partial charge in [0, 0.05) is 24.0 Å². The summed E-state index contributed by atoms with van der Waals surface area (Å²) in [6.07, 6.45) is 12.8. The van der Waals surface area contributed by atoms with Gasteiger partial charge >= 0.3 is 0 Å². The molecule has 3 heterocycles. The van der Waals surface area contributed by atoms with Crippen molar-refractivity contribution < 1.29 is 0 Å². The Balaban J connectivity index is 1.43. The van der Waals surface area contributed by atoms with Gasteiger partial charge in [0.25, 0.3) is 0 Å². The molecule has 1 atom stereocenters. The van der Waals surface area contributed by atoms with Gasteiger partial charge in [-0.15, -0.1) is 0 Å². The number of aromatic nitrogens is 5. The average molecular weight is 384 g/mol. The lowest BCUT2D eigenvalue weighted by Crippen LogP contribution is -2.10. The third-order valence-corrected chi connectivity index (χ3v) is 6.25. The number of hydrogen-bond acceptors (Lipinski definition) is 4. The first-order valence-electron chi connectivity index (χ1n) is 10.5. The normalized spacial score (nSPS) is 19.3. The fourth-order valence-corrected chi connectivity index (χ4v) is 4.47. The van der Waals surface area contributed by atoms with Crippen LogP contribution >= 0.6 is 0 Å². The van der Waals surface area contributed by atoms with Crippen LogP contribution in [0.3, 0.4) is 0 Å². The zero-order chi connectivity index (χ0) is 19.4. The smallest absolute Gasteiger partial charge is 0.178 e. The van der Waals surface area contributed by atoms with Crippen molar-refractivity contribution in [3.63, 3.8) is 0 Å². The summed E-state index contributed by atoms with van der Waals surface area (Å²) in [6, 6.07) is 9.49. The lowest BCUT2D eigenvalue weighted by molar-refractivity contribution is 0.615. The second-order valence-corrected chi connectivity index (χ2v) is 8.35. The Labute approximate surface area is 169 Å². The minimum absolute atomic E-state index is 0.153. The molecule has 6 rings (SSSR count). The Morgan fingerprint density at radius 1 is 1.07 bits per heavy atom. The van der Waals surface area contributed by atoms with Gasteiger partial charge in [-0.2, -0.15) is 5.10 Å². The summed E-state index contributed by atoms with van der Waals surface area (Å²) in [5.41, 5.74) is 14.1. The van der Waals surface area contributed by atoms with Crippen LogP contribution in [-0.4, -0.2) is 24.7 Å². The molecule has 6 nitrogen and oxygen atoms in total. The highest BCUT2D eigenvalue weighted by Crippen LogP contribution is 2.36. The molecule has 0 spiro atoms. The maximum atomic E-state index is 6.39. The van der Waals surface area contributed by atoms with Crippen LogP contribution in [0.25, 0.3) is 33.7 Å². The number of nitrogens with one attached hydrogen (secondary N) is 1. The van der Waals surface area contributed by atoms with E-state index in [2.05, 4.69) is 45.5 Å². The van der Waals surface area contributed by atoms with Crippen LogP contribution in [0.4, 0.5) is 0 Å². The molecule has 3 N–H and O–H groups in total. The highest BCUT2D eigenvalue weighted by atomic mass is 15.3. The minimum atomic E-state index is 0.153. The Morgan fingerprint density at radius 3 is 2.90 bits per heavy atom. The fourth-order valence-electron chi connectivity index (χ4n) is 4.47. The molecule has 2 aliphatic carbocycles. The van der Waals surface area contributed by atoms with Gasteiger partial charge in [0.1, 0.15) is 5.82 Å². The molecule has 0 aliphatic heterocycles. The summed E-state index contributed by atoms with van der Waals surface area (Å²) < 4.78 is 2.05. The Morgan fingerprint density at radius 2 is 2.00 bits per heavy atom. The third kappa shape index (κ3) is 2.95. The van der Waals surface area contributed by atoms with Gasteiger partial charge in [0.2, 0.25) is 0 Å². The van der Waals surface area contributed by atoms with Gasteiger partial charge in [-0.3, -0.25) is 4.68 Å². The zero-order valence-corrected chi connectivity index (χ0v) is 16.3. The van der Waals surface area contributed by atoms with E-state index in [4.69, 9.17) is 10.7 Å². The number of nitrogens with two attached hydrogens (primary N) is 1. The Bertz CT molecular complexity index is 1200. The second kappa shape index (κ2) is 6.52. The van der Waals surface area contributed by atoms with E-state index in [1.165, 1.54) is 42.4 Å². The van der Waals surface area contributed by atoms with Crippen molar-refractivity contribution in [1.29, 1.82) is 0 Å². The van der Waals surface area contributed by atoms with Crippen LogP contribution in [0.15, 0.2) is 42.9 Å². The number of imidazole rings is 1. The number of hydrogen-bond donors (Lipinski definition) is 2. The summed E-state index contributed by atoms with van der Waals surface area (Å²) in [7, 11) is 0. The van der Waals surface area contributed by atoms with Crippen LogP contribution in [0, 0.1) is 0 Å². The lowest BCUT2D eigenvalue weighted by atomic mass is 9.94. The molecule has 146 valence electrons. The molecule has 29 heavy (non-hydrogen) atoms. The number of fused-ring (bicyclic) bond motifs is 2. The van der Waals surface area contributed by atoms with Crippen LogP contribution in [0.5, 0.6) is 0 Å². The van der Waals surface area contributed by atoms with E-state index in [9.17, 15) is 0 Å². The first-order valence-corrected chi connectivity index (χ1v) is 10.5. The minimum Gasteiger partial charge on any atom is -0.336 e. The number of H-pyrrole nitrogens is 1. The van der Waals surface area contributed by atoms with E-state index in [0.29, 0.717) is 6.04 Å². The van der Waals surface area contributed by atoms with Gasteiger partial charge in [0.15, 0.2) is 5.65 Å². The molecule has 4 aromatic rings. The molecule has 2 aliphatic rings. The van der Waals surface area contributed by atoms with Gasteiger partial charge in [-0.1, -0.05) is 24.6 Å². The average Bonchev–Trinajstić information content (AvgIpc) is 3.35. The van der Waals surface area contributed by atoms with Crippen molar-refractivity contribution in [3.05, 3.63) is 54.0 Å². The Kier molecular flexibility index (Phi) is 3.81. The van der Waals surface area contributed by atoms with Crippen molar-refractivity contribution in [2.24, 2.45) is 5.73 Å². The summed E-state index contributed by atoms with van der Waals surface area (Å²) in [4.78, 5) is 12.7. The van der Waals surface area contributed by atoms with Crippen LogP contribution in [0.2, 0.25) is 0 Å². The molecule has 3 aromatic heterocycles. The predicted octanol–water partition coefficient (Wildman–Crippen LogP) is 4.55. The quantitative estimate of drug-likeness (QED) is 0.508. The molecule has 0 amide bonds. The monoisotopic (exact) mass is 384 g/mol. The molecule has 1 unspecified atom stereocenters. The number of rotatable bonds is 3. The fraction of sp³-hybridized carbons (Fsp3) is 0.348. The summed E-state index contributed by atoms with van der Waals surface area (Å²) >= 11 is 0. The maximum absolute atomic E-state index is 6.39. The van der Waals surface area contributed by atoms with Crippen LogP contribution in [-0.2, 0) is 6.42 Å². The van der Waals surface area contributed by atoms with E-state index >= 15 is 0 Å². The third-order valence-electron chi connectivity index (χ3n) is 6.25. The number of pyridine rings is 1. The summed E-state index contributed by atoms with van der Waals surface area (Å²) in [5.74, 6) is 0.823. The topological polar surface area (TPSA) is 85.4 Å². The number of benzene rings is 1. The first-order chi connectivity index (χ1) is 14.3. The molecular weight excluding hydrogens is 360 g/mol. The van der Waals surface area contributed by atoms with Gasteiger partial charge < -0.3 is 10.7 Å². The van der Waals surface area contributed by atoms with E-state index < -0.39 is 0 Å². The van der Waals surface area contributed by atoms with Crippen LogP contribution < -0.4 is 5.73 Å². The van der Waals surface area contributed by atoms with Gasteiger partial charge in [-0.25, -0.2) is 9.97 Å². The first kappa shape index (κ1) is 16.9. The van der Waals surface area contributed by atoms with E-state index in [1.54, 1.807) is 0 Å². The molecule has 0 saturated heterocycles. The summed E-state index contributed by atoms with van der Waals surface area (Å²) in [5, 5.41) is 4.49. The highest BCUT2D eigenvalue weighted by molar-refractivity contribution is 5.91. The molecule has 0 radical (unpaired) electrons. The molecule has 1 fully saturated rings. The SMILES string of the molecule is NC1CCCCc2cc(-c3ccnc4nc(-c5cnn(C6CC6)c5)[nH]c34)ccc21. The molecular formula is C23H24N6. The maximum Gasteiger partial charge on any atom is 0.178 e. The van der Waals surface area contributed by atoms with Crippen molar-refractivity contribution in [3.8, 4) is 22.5 Å². The largest absolute Gasteiger partial charge is 0.336 e. The van der Waals surface area contributed by atoms with Crippen molar-refractivity contribution >= 4 is 11.2 Å². The standard InChI is InChI=1S/C23H24N6/c24-20-4-2-1-3-14-11-15(5-8-18(14)20)19-9-10-25-23-21(19)27-22(28-23)16-12-26-29(13-16)17-6-7-17/h5,8-13,17,20H,1-4,6-7,24H2,(H,25,27,28). The number of nitrogens with zero attached hydrogens (tertiary/aromatic N) is 4. The van der Waals surface area contributed by atoms with Crippen LogP contribution in [0.1, 0.15) is 55.3 Å². The molecule has 1 saturated carbocycles. The van der Waals surface area contributed by atoms with E-state index in [-0.39, 0.29) is 6.04 Å². The predicted molar refractivity (Wildman–Crippen MR) is 113 cm³/mol. The molecule has 0 bridgehead atoms. The second-order valence-electron chi connectivity index (χ2n) is 8.35. The van der Waals surface area contributed by atoms with Crippen molar-refractivity contribution in [2.45, 2.75) is 50.6 Å². The van der Waals surface area contributed by atoms with E-state index in [0.717, 1.165) is 41.0 Å². The van der Waals surface area contributed by atoms with Gasteiger partial charge in [-0.05, 0) is 54.9 Å². The zero-order valence-electron chi connectivity index (χ0n) is 16.3. The molecule has 1 aromatic carbocycles. The molecule has 6 heteroatoms. The van der Waals surface area contributed by atoms with Gasteiger partial charge in [0.05, 0.1) is 23.3 Å². The number of aromatic amines is 1.